The molecule has 0 spiro atoms. The van der Waals surface area contributed by atoms with Gasteiger partial charge in [0.15, 0.2) is 10.3 Å². The van der Waals surface area contributed by atoms with Crippen LogP contribution in [-0.4, -0.2) is 21.8 Å². The van der Waals surface area contributed by atoms with Gasteiger partial charge in [0.1, 0.15) is 0 Å². The number of fused-ring (bicyclic) bond motifs is 1. The van der Waals surface area contributed by atoms with E-state index < -0.39 is 0 Å². The molecule has 4 rings (SSSR count). The van der Waals surface area contributed by atoms with Crippen molar-refractivity contribution >= 4 is 44.8 Å². The molecule has 1 aliphatic carbocycles. The molecule has 0 bridgehead atoms. The van der Waals surface area contributed by atoms with Crippen LogP contribution in [0.15, 0.2) is 35.7 Å². The number of aromatic nitrogens is 2. The Morgan fingerprint density at radius 2 is 1.93 bits per heavy atom. The molecule has 138 valence electrons. The minimum Gasteiger partial charge on any atom is -0.301 e. The average Bonchev–Trinajstić information content (AvgIpc) is 3.27. The predicted molar refractivity (Wildman–Crippen MR) is 108 cm³/mol. The molecule has 0 radical (unpaired) electrons. The molecule has 1 aromatic carbocycles. The summed E-state index contributed by atoms with van der Waals surface area (Å²) in [6.07, 6.45) is 2.56. The SMILES string of the molecule is Cc1csc(NC(=O)[C@H]2CCCc3sc(NC(=O)c4ccccc4)nc32)n1. The van der Waals surface area contributed by atoms with Crippen molar-refractivity contribution in [2.45, 2.75) is 32.1 Å². The lowest BCUT2D eigenvalue weighted by Crippen LogP contribution is -2.24. The Labute approximate surface area is 164 Å². The van der Waals surface area contributed by atoms with E-state index in [0.29, 0.717) is 15.8 Å². The molecule has 6 nitrogen and oxygen atoms in total. The van der Waals surface area contributed by atoms with Crippen LogP contribution < -0.4 is 10.6 Å². The van der Waals surface area contributed by atoms with E-state index in [1.807, 2.05) is 30.5 Å². The second-order valence-corrected chi connectivity index (χ2v) is 8.32. The Hall–Kier alpha value is -2.58. The molecule has 2 N–H and O–H groups in total. The number of thiazole rings is 2. The summed E-state index contributed by atoms with van der Waals surface area (Å²) in [6.45, 7) is 1.90. The van der Waals surface area contributed by atoms with Gasteiger partial charge in [-0.25, -0.2) is 9.97 Å². The first-order chi connectivity index (χ1) is 13.1. The van der Waals surface area contributed by atoms with Crippen LogP contribution in [0.3, 0.4) is 0 Å². The lowest BCUT2D eigenvalue weighted by Gasteiger charge is -2.19. The maximum Gasteiger partial charge on any atom is 0.257 e. The van der Waals surface area contributed by atoms with Crippen LogP contribution in [0.4, 0.5) is 10.3 Å². The first-order valence-electron chi connectivity index (χ1n) is 8.69. The third-order valence-electron chi connectivity index (χ3n) is 4.38. The van der Waals surface area contributed by atoms with E-state index in [0.717, 1.165) is 35.5 Å². The van der Waals surface area contributed by atoms with E-state index in [1.54, 1.807) is 12.1 Å². The molecule has 0 aliphatic heterocycles. The molecule has 2 heterocycles. The fourth-order valence-corrected chi connectivity index (χ4v) is 4.84. The van der Waals surface area contributed by atoms with Crippen molar-refractivity contribution in [3.63, 3.8) is 0 Å². The number of carbonyl (C=O) groups excluding carboxylic acids is 2. The van der Waals surface area contributed by atoms with Gasteiger partial charge < -0.3 is 5.32 Å². The Bertz CT molecular complexity index is 981. The Balaban J connectivity index is 1.51. The van der Waals surface area contributed by atoms with E-state index >= 15 is 0 Å². The highest BCUT2D eigenvalue weighted by Crippen LogP contribution is 2.37. The highest BCUT2D eigenvalue weighted by atomic mass is 32.1. The number of hydrogen-bond donors (Lipinski definition) is 2. The van der Waals surface area contributed by atoms with Gasteiger partial charge >= 0.3 is 0 Å². The van der Waals surface area contributed by atoms with E-state index in [2.05, 4.69) is 20.6 Å². The smallest absolute Gasteiger partial charge is 0.257 e. The largest absolute Gasteiger partial charge is 0.301 e. The Morgan fingerprint density at radius 1 is 1.11 bits per heavy atom. The fraction of sp³-hybridized carbons (Fsp3) is 0.263. The van der Waals surface area contributed by atoms with Gasteiger partial charge in [-0.15, -0.1) is 22.7 Å². The number of rotatable bonds is 4. The van der Waals surface area contributed by atoms with E-state index in [1.165, 1.54) is 22.7 Å². The van der Waals surface area contributed by atoms with Crippen LogP contribution in [-0.2, 0) is 11.2 Å². The summed E-state index contributed by atoms with van der Waals surface area (Å²) < 4.78 is 0. The van der Waals surface area contributed by atoms with Gasteiger partial charge in [0.05, 0.1) is 17.3 Å². The molecule has 2 aromatic heterocycles. The third-order valence-corrected chi connectivity index (χ3v) is 6.30. The molecule has 0 saturated carbocycles. The van der Waals surface area contributed by atoms with E-state index in [4.69, 9.17) is 0 Å². The zero-order chi connectivity index (χ0) is 18.8. The number of anilines is 2. The molecule has 8 heteroatoms. The van der Waals surface area contributed by atoms with Gasteiger partial charge in [-0.3, -0.25) is 14.9 Å². The summed E-state index contributed by atoms with van der Waals surface area (Å²) in [6, 6.07) is 9.03. The number of carbonyl (C=O) groups is 2. The van der Waals surface area contributed by atoms with Gasteiger partial charge in [-0.1, -0.05) is 18.2 Å². The molecule has 27 heavy (non-hydrogen) atoms. The van der Waals surface area contributed by atoms with Gasteiger partial charge in [-0.05, 0) is 38.3 Å². The van der Waals surface area contributed by atoms with E-state index in [-0.39, 0.29) is 17.7 Å². The van der Waals surface area contributed by atoms with E-state index in [9.17, 15) is 9.59 Å². The second kappa shape index (κ2) is 7.58. The fourth-order valence-electron chi connectivity index (χ4n) is 3.09. The summed E-state index contributed by atoms with van der Waals surface area (Å²) >= 11 is 2.87. The van der Waals surface area contributed by atoms with Gasteiger partial charge in [0, 0.05) is 15.8 Å². The Morgan fingerprint density at radius 3 is 2.67 bits per heavy atom. The molecule has 0 fully saturated rings. The van der Waals surface area contributed by atoms with Gasteiger partial charge in [0.2, 0.25) is 5.91 Å². The molecule has 3 aromatic rings. The minimum atomic E-state index is -0.309. The number of benzene rings is 1. The molecule has 1 atom stereocenters. The number of nitrogens with one attached hydrogen (secondary N) is 2. The second-order valence-electron chi connectivity index (χ2n) is 6.38. The van der Waals surface area contributed by atoms with Crippen molar-refractivity contribution in [1.29, 1.82) is 0 Å². The first-order valence-corrected chi connectivity index (χ1v) is 10.4. The van der Waals surface area contributed by atoms with Crippen molar-refractivity contribution in [3.8, 4) is 0 Å². The number of aryl methyl sites for hydroxylation is 2. The van der Waals surface area contributed by atoms with Gasteiger partial charge in [-0.2, -0.15) is 0 Å². The monoisotopic (exact) mass is 398 g/mol. The van der Waals surface area contributed by atoms with Crippen LogP contribution in [0.2, 0.25) is 0 Å². The highest BCUT2D eigenvalue weighted by Gasteiger charge is 2.31. The minimum absolute atomic E-state index is 0.0865. The zero-order valence-electron chi connectivity index (χ0n) is 14.7. The molecule has 0 unspecified atom stereocenters. The molecule has 0 saturated heterocycles. The first kappa shape index (κ1) is 17.8. The maximum atomic E-state index is 12.7. The topological polar surface area (TPSA) is 84.0 Å². The van der Waals surface area contributed by atoms with Crippen LogP contribution in [0.1, 0.15) is 45.4 Å². The van der Waals surface area contributed by atoms with Crippen LogP contribution in [0.25, 0.3) is 0 Å². The highest BCUT2D eigenvalue weighted by molar-refractivity contribution is 7.16. The van der Waals surface area contributed by atoms with Gasteiger partial charge in [0.25, 0.3) is 5.91 Å². The quantitative estimate of drug-likeness (QED) is 0.689. The standard InChI is InChI=1S/C19H18N4O2S2/c1-11-10-26-18(20-11)23-17(25)13-8-5-9-14-15(13)21-19(27-14)22-16(24)12-6-3-2-4-7-12/h2-4,6-7,10,13H,5,8-9H2,1H3,(H,20,23,25)(H,21,22,24)/t13-/m0/s1. The number of nitrogens with zero attached hydrogens (tertiary/aromatic N) is 2. The predicted octanol–water partition coefficient (Wildman–Crippen LogP) is 4.22. The summed E-state index contributed by atoms with van der Waals surface area (Å²) in [7, 11) is 0. The maximum absolute atomic E-state index is 12.7. The Kier molecular flexibility index (Phi) is 5.00. The summed E-state index contributed by atoms with van der Waals surface area (Å²) in [5.74, 6) is -0.589. The van der Waals surface area contributed by atoms with Crippen molar-refractivity contribution < 1.29 is 9.59 Å². The lowest BCUT2D eigenvalue weighted by atomic mass is 9.90. The van der Waals surface area contributed by atoms with Crippen molar-refractivity contribution in [1.82, 2.24) is 9.97 Å². The van der Waals surface area contributed by atoms with Crippen LogP contribution in [0.5, 0.6) is 0 Å². The lowest BCUT2D eigenvalue weighted by molar-refractivity contribution is -0.117. The number of hydrogen-bond acceptors (Lipinski definition) is 6. The van der Waals surface area contributed by atoms with Crippen molar-refractivity contribution in [2.24, 2.45) is 0 Å². The summed E-state index contributed by atoms with van der Waals surface area (Å²) in [5.41, 5.74) is 2.25. The summed E-state index contributed by atoms with van der Waals surface area (Å²) in [4.78, 5) is 35.0. The zero-order valence-corrected chi connectivity index (χ0v) is 16.3. The molecular formula is C19H18N4O2S2. The molecule has 1 aliphatic rings. The molecule has 2 amide bonds. The normalized spacial score (nSPS) is 15.8. The van der Waals surface area contributed by atoms with Crippen LogP contribution in [0, 0.1) is 6.92 Å². The van der Waals surface area contributed by atoms with Crippen molar-refractivity contribution in [2.75, 3.05) is 10.6 Å². The van der Waals surface area contributed by atoms with Crippen molar-refractivity contribution in [3.05, 3.63) is 57.5 Å². The summed E-state index contributed by atoms with van der Waals surface area (Å²) in [5, 5.41) is 8.80. The molecular weight excluding hydrogens is 380 g/mol. The number of amides is 2. The van der Waals surface area contributed by atoms with Crippen LogP contribution >= 0.6 is 22.7 Å². The third kappa shape index (κ3) is 3.91. The average molecular weight is 399 g/mol.